The summed E-state index contributed by atoms with van der Waals surface area (Å²) in [7, 11) is 0. The van der Waals surface area contributed by atoms with E-state index in [2.05, 4.69) is 31.3 Å². The van der Waals surface area contributed by atoms with Crippen LogP contribution in [0.2, 0.25) is 0 Å². The van der Waals surface area contributed by atoms with Gasteiger partial charge >= 0.3 is 0 Å². The Morgan fingerprint density at radius 1 is 0.426 bits per heavy atom. The largest absolute Gasteiger partial charge is 0.394 e. The second-order valence-corrected chi connectivity index (χ2v) is 16.9. The maximum absolute atomic E-state index is 12.3. The highest BCUT2D eigenvalue weighted by atomic mass is 16.3. The lowest BCUT2D eigenvalue weighted by Gasteiger charge is -2.19. The molecule has 2 atom stereocenters. The van der Waals surface area contributed by atoms with Crippen molar-refractivity contribution < 1.29 is 15.0 Å². The summed E-state index contributed by atoms with van der Waals surface area (Å²) in [6, 6.07) is -0.632. The zero-order valence-corrected chi connectivity index (χ0v) is 36.8. The molecule has 2 unspecified atom stereocenters. The number of amides is 1. The van der Waals surface area contributed by atoms with Crippen LogP contribution in [0.1, 0.15) is 271 Å². The summed E-state index contributed by atoms with van der Waals surface area (Å²) in [5, 5.41) is 22.8. The van der Waals surface area contributed by atoms with E-state index in [1.807, 2.05) is 6.08 Å². The number of rotatable bonds is 45. The Hall–Kier alpha value is -1.13. The molecule has 54 heavy (non-hydrogen) atoms. The first-order valence-electron chi connectivity index (χ1n) is 24.6. The number of carbonyl (C=O) groups is 1. The average molecular weight is 760 g/mol. The first kappa shape index (κ1) is 52.9. The van der Waals surface area contributed by atoms with Gasteiger partial charge in [-0.15, -0.1) is 0 Å². The monoisotopic (exact) mass is 760 g/mol. The lowest BCUT2D eigenvalue weighted by molar-refractivity contribution is -0.123. The van der Waals surface area contributed by atoms with E-state index < -0.39 is 12.1 Å². The fourth-order valence-corrected chi connectivity index (χ4v) is 7.65. The third-order valence-corrected chi connectivity index (χ3v) is 11.4. The molecule has 3 N–H and O–H groups in total. The zero-order valence-electron chi connectivity index (χ0n) is 36.8. The fourth-order valence-electron chi connectivity index (χ4n) is 7.65. The number of carbonyl (C=O) groups excluding carboxylic acids is 1. The molecule has 0 aliphatic rings. The second kappa shape index (κ2) is 46.3. The Balaban J connectivity index is 3.33. The molecular weight excluding hydrogens is 663 g/mol. The molecule has 4 nitrogen and oxygen atoms in total. The number of unbranched alkanes of at least 4 members (excludes halogenated alkanes) is 36. The molecule has 0 saturated heterocycles. The number of aliphatic hydroxyl groups excluding tert-OH is 2. The molecule has 0 bridgehead atoms. The predicted octanol–water partition coefficient (Wildman–Crippen LogP) is 15.6. The van der Waals surface area contributed by atoms with Crippen LogP contribution in [0.15, 0.2) is 24.3 Å². The predicted molar refractivity (Wildman–Crippen MR) is 239 cm³/mol. The van der Waals surface area contributed by atoms with Gasteiger partial charge in [0.05, 0.1) is 18.8 Å². The summed E-state index contributed by atoms with van der Waals surface area (Å²) in [4.78, 5) is 12.3. The van der Waals surface area contributed by atoms with Crippen LogP contribution >= 0.6 is 0 Å². The van der Waals surface area contributed by atoms with Gasteiger partial charge in [-0.2, -0.15) is 0 Å². The highest BCUT2D eigenvalue weighted by Gasteiger charge is 2.17. The molecule has 320 valence electrons. The first-order valence-corrected chi connectivity index (χ1v) is 24.6. The molecule has 0 aliphatic carbocycles. The van der Waals surface area contributed by atoms with Gasteiger partial charge in [0.15, 0.2) is 0 Å². The van der Waals surface area contributed by atoms with Crippen LogP contribution in [-0.4, -0.2) is 34.9 Å². The summed E-state index contributed by atoms with van der Waals surface area (Å²) in [5.41, 5.74) is 0. The lowest BCUT2D eigenvalue weighted by atomic mass is 10.0. The summed E-state index contributed by atoms with van der Waals surface area (Å²) < 4.78 is 0. The Labute approximate surface area is 339 Å². The maximum Gasteiger partial charge on any atom is 0.220 e. The molecule has 0 aromatic carbocycles. The molecule has 0 aliphatic heterocycles. The van der Waals surface area contributed by atoms with Crippen molar-refractivity contribution in [2.75, 3.05) is 6.61 Å². The number of allylic oxidation sites excluding steroid dienone is 3. The Bertz CT molecular complexity index is 780. The van der Waals surface area contributed by atoms with Crippen LogP contribution < -0.4 is 5.32 Å². The van der Waals surface area contributed by atoms with Crippen molar-refractivity contribution >= 4 is 5.91 Å². The topological polar surface area (TPSA) is 69.6 Å². The van der Waals surface area contributed by atoms with E-state index in [1.165, 1.54) is 218 Å². The summed E-state index contributed by atoms with van der Waals surface area (Å²) in [6.07, 6.45) is 60.7. The molecule has 0 saturated carbocycles. The van der Waals surface area contributed by atoms with Gasteiger partial charge in [0.25, 0.3) is 0 Å². The molecule has 0 rings (SSSR count). The Morgan fingerprint density at radius 2 is 0.722 bits per heavy atom. The van der Waals surface area contributed by atoms with Gasteiger partial charge in [-0.25, -0.2) is 0 Å². The summed E-state index contributed by atoms with van der Waals surface area (Å²) >= 11 is 0. The van der Waals surface area contributed by atoms with E-state index in [0.717, 1.165) is 32.1 Å². The minimum atomic E-state index is -0.856. The molecule has 4 heteroatoms. The van der Waals surface area contributed by atoms with Crippen LogP contribution in [0, 0.1) is 0 Å². The maximum atomic E-state index is 12.3. The van der Waals surface area contributed by atoms with E-state index in [9.17, 15) is 15.0 Å². The van der Waals surface area contributed by atoms with Crippen molar-refractivity contribution in [3.8, 4) is 0 Å². The van der Waals surface area contributed by atoms with E-state index >= 15 is 0 Å². The van der Waals surface area contributed by atoms with Crippen LogP contribution in [0.5, 0.6) is 0 Å². The third kappa shape index (κ3) is 42.0. The fraction of sp³-hybridized carbons (Fsp3) is 0.900. The van der Waals surface area contributed by atoms with Crippen molar-refractivity contribution in [1.29, 1.82) is 0 Å². The van der Waals surface area contributed by atoms with Crippen molar-refractivity contribution in [2.24, 2.45) is 0 Å². The highest BCUT2D eigenvalue weighted by Crippen LogP contribution is 2.17. The van der Waals surface area contributed by atoms with Crippen LogP contribution in [0.25, 0.3) is 0 Å². The zero-order chi connectivity index (χ0) is 39.3. The number of aliphatic hydroxyl groups is 2. The van der Waals surface area contributed by atoms with Gasteiger partial charge in [-0.3, -0.25) is 4.79 Å². The van der Waals surface area contributed by atoms with E-state index in [1.54, 1.807) is 6.08 Å². The molecule has 0 fully saturated rings. The van der Waals surface area contributed by atoms with E-state index in [0.29, 0.717) is 6.42 Å². The molecule has 0 aromatic rings. The van der Waals surface area contributed by atoms with Crippen molar-refractivity contribution in [1.82, 2.24) is 5.32 Å². The molecule has 0 radical (unpaired) electrons. The Morgan fingerprint density at radius 3 is 1.06 bits per heavy atom. The molecule has 0 heterocycles. The first-order chi connectivity index (χ1) is 26.7. The molecule has 1 amide bonds. The standard InChI is InChI=1S/C50H97NO3/c1-3-5-7-9-11-13-14-15-16-17-18-19-20-21-22-23-24-25-26-27-28-29-30-31-32-33-34-35-36-37-38-40-42-44-46-50(54)51-48(47-52)49(53)45-43-41-39-12-10-8-6-4-2/h10,12,43,45,48-49,52-53H,3-9,11,13-42,44,46-47H2,1-2H3,(H,51,54)/b12-10+,45-43+. The highest BCUT2D eigenvalue weighted by molar-refractivity contribution is 5.76. The average Bonchev–Trinajstić information content (AvgIpc) is 3.18. The van der Waals surface area contributed by atoms with Gasteiger partial charge in [0, 0.05) is 6.42 Å². The van der Waals surface area contributed by atoms with Gasteiger partial charge in [0.1, 0.15) is 0 Å². The quantitative estimate of drug-likeness (QED) is 0.0428. The third-order valence-electron chi connectivity index (χ3n) is 11.4. The van der Waals surface area contributed by atoms with Gasteiger partial charge in [0.2, 0.25) is 5.91 Å². The van der Waals surface area contributed by atoms with Gasteiger partial charge in [-0.05, 0) is 25.7 Å². The number of hydrogen-bond donors (Lipinski definition) is 3. The smallest absolute Gasteiger partial charge is 0.220 e. The SMILES string of the molecule is CCCC/C=C/CC/C=C/C(O)C(CO)NC(=O)CCCCCCCCCCCCCCCCCCCCCCCCCCCCCCCCCCCC. The number of nitrogens with one attached hydrogen (secondary N) is 1. The second-order valence-electron chi connectivity index (χ2n) is 16.9. The van der Waals surface area contributed by atoms with Crippen LogP contribution in [-0.2, 0) is 4.79 Å². The normalized spacial score (nSPS) is 13.0. The summed E-state index contributed by atoms with van der Waals surface area (Å²) in [6.45, 7) is 4.24. The molecule has 0 aromatic heterocycles. The summed E-state index contributed by atoms with van der Waals surface area (Å²) in [5.74, 6) is -0.0729. The lowest BCUT2D eigenvalue weighted by Crippen LogP contribution is -2.45. The molecular formula is C50H97NO3. The number of hydrogen-bond acceptors (Lipinski definition) is 3. The molecule has 0 spiro atoms. The van der Waals surface area contributed by atoms with Gasteiger partial charge < -0.3 is 15.5 Å². The van der Waals surface area contributed by atoms with E-state index in [4.69, 9.17) is 0 Å². The van der Waals surface area contributed by atoms with E-state index in [-0.39, 0.29) is 12.5 Å². The van der Waals surface area contributed by atoms with Crippen molar-refractivity contribution in [3.63, 3.8) is 0 Å². The Kier molecular flexibility index (Phi) is 45.3. The van der Waals surface area contributed by atoms with Crippen molar-refractivity contribution in [2.45, 2.75) is 283 Å². The van der Waals surface area contributed by atoms with Crippen molar-refractivity contribution in [3.05, 3.63) is 24.3 Å². The minimum Gasteiger partial charge on any atom is -0.394 e. The van der Waals surface area contributed by atoms with Crippen LogP contribution in [0.4, 0.5) is 0 Å². The van der Waals surface area contributed by atoms with Crippen LogP contribution in [0.3, 0.4) is 0 Å². The minimum absolute atomic E-state index is 0.0729. The van der Waals surface area contributed by atoms with Gasteiger partial charge in [-0.1, -0.05) is 263 Å².